The first-order valence-corrected chi connectivity index (χ1v) is 16.1. The number of hydrogen-bond acceptors (Lipinski definition) is 6. The van der Waals surface area contributed by atoms with Crippen LogP contribution in [0.1, 0.15) is 63.6 Å². The van der Waals surface area contributed by atoms with Gasteiger partial charge in [-0.25, -0.2) is 4.79 Å². The Kier molecular flexibility index (Phi) is 14.4. The lowest BCUT2D eigenvalue weighted by Crippen LogP contribution is -2.36. The molecule has 1 aliphatic heterocycles. The van der Waals surface area contributed by atoms with E-state index in [1.807, 2.05) is 55.5 Å². The van der Waals surface area contributed by atoms with E-state index >= 15 is 0 Å². The minimum atomic E-state index is -0.558. The van der Waals surface area contributed by atoms with Crippen LogP contribution in [0.15, 0.2) is 95.6 Å². The molecule has 46 heavy (non-hydrogen) atoms. The van der Waals surface area contributed by atoms with Gasteiger partial charge in [0.2, 0.25) is 0 Å². The number of nitrogens with one attached hydrogen (secondary N) is 1. The number of hydrogen-bond donors (Lipinski definition) is 1. The summed E-state index contributed by atoms with van der Waals surface area (Å²) in [6.45, 7) is 17.6. The number of amides is 1. The van der Waals surface area contributed by atoms with Gasteiger partial charge in [-0.2, -0.15) is 0 Å². The number of carbonyl (C=O) groups is 2. The van der Waals surface area contributed by atoms with E-state index in [-0.39, 0.29) is 5.78 Å². The van der Waals surface area contributed by atoms with E-state index in [4.69, 9.17) is 9.73 Å². The van der Waals surface area contributed by atoms with Gasteiger partial charge in [-0.15, -0.1) is 0 Å². The molecule has 1 aliphatic rings. The van der Waals surface area contributed by atoms with E-state index < -0.39 is 6.09 Å². The average molecular weight is 624 g/mol. The van der Waals surface area contributed by atoms with Crippen molar-refractivity contribution in [3.63, 3.8) is 0 Å². The van der Waals surface area contributed by atoms with Crippen molar-refractivity contribution in [2.75, 3.05) is 38.3 Å². The van der Waals surface area contributed by atoms with Crippen LogP contribution in [-0.4, -0.2) is 51.0 Å². The van der Waals surface area contributed by atoms with Crippen molar-refractivity contribution in [1.29, 1.82) is 0 Å². The molecule has 3 aromatic rings. The first-order chi connectivity index (χ1) is 22.2. The molecular formula is C39H49N3O4. The van der Waals surface area contributed by atoms with Gasteiger partial charge in [-0.05, 0) is 62.4 Å². The molecule has 1 N–H and O–H groups in total. The van der Waals surface area contributed by atoms with Crippen LogP contribution in [0.5, 0.6) is 0 Å². The zero-order valence-electron chi connectivity index (χ0n) is 28.3. The van der Waals surface area contributed by atoms with E-state index in [1.165, 1.54) is 18.4 Å². The van der Waals surface area contributed by atoms with Crippen LogP contribution < -0.4 is 10.2 Å². The summed E-state index contributed by atoms with van der Waals surface area (Å²) < 4.78 is 9.98. The standard InChI is InChI=1S/C28H34N2O3.C11H15NO/c1-7-11-27(29-19(3)8-2)26(21(5)31)18-22-14-16-23(17-15-22)25-13-10-9-12-24(25)20(4)30-28(32)33-6;1-10-2-4-11(5-3-10)12-6-8-13-9-7-12/h9-10,12-17H,4,7-8,11,18H2,1-3,5-6H3,(H,30,32);2-5H,6-9H2,1H3/b27-26-,29-19?;. The minimum absolute atomic E-state index is 0.0608. The van der Waals surface area contributed by atoms with Gasteiger partial charge in [-0.3, -0.25) is 15.1 Å². The number of carbonyl (C=O) groups excluding carboxylic acids is 2. The minimum Gasteiger partial charge on any atom is -0.453 e. The number of Topliss-reactive ketones (excluding diaryl/α,β-unsaturated/α-hetero) is 1. The van der Waals surface area contributed by atoms with Crippen molar-refractivity contribution in [2.24, 2.45) is 4.99 Å². The molecule has 0 unspecified atom stereocenters. The summed E-state index contributed by atoms with van der Waals surface area (Å²) in [6.07, 6.45) is 2.57. The van der Waals surface area contributed by atoms with Crippen molar-refractivity contribution >= 4 is 29.0 Å². The van der Waals surface area contributed by atoms with Gasteiger partial charge in [0.1, 0.15) is 0 Å². The van der Waals surface area contributed by atoms with E-state index in [0.29, 0.717) is 12.1 Å². The highest BCUT2D eigenvalue weighted by Crippen LogP contribution is 2.28. The Labute approximate surface area is 275 Å². The van der Waals surface area contributed by atoms with Crippen LogP contribution in [0.4, 0.5) is 10.5 Å². The average Bonchev–Trinajstić information content (AvgIpc) is 3.08. The van der Waals surface area contributed by atoms with E-state index in [0.717, 1.165) is 84.8 Å². The summed E-state index contributed by atoms with van der Waals surface area (Å²) in [5, 5.41) is 2.64. The Morgan fingerprint density at radius 2 is 1.61 bits per heavy atom. The molecule has 0 aliphatic carbocycles. The van der Waals surface area contributed by atoms with Crippen molar-refractivity contribution in [3.8, 4) is 11.1 Å². The van der Waals surface area contributed by atoms with Gasteiger partial charge in [0.25, 0.3) is 0 Å². The molecule has 1 amide bonds. The Morgan fingerprint density at radius 1 is 0.957 bits per heavy atom. The maximum atomic E-state index is 12.5. The van der Waals surface area contributed by atoms with Crippen LogP contribution in [0.2, 0.25) is 0 Å². The first-order valence-electron chi connectivity index (χ1n) is 16.1. The fourth-order valence-corrected chi connectivity index (χ4v) is 5.07. The first kappa shape index (κ1) is 36.0. The highest BCUT2D eigenvalue weighted by Gasteiger charge is 2.14. The van der Waals surface area contributed by atoms with E-state index in [2.05, 4.69) is 66.6 Å². The number of aliphatic imine (C=N–C) groups is 1. The number of aryl methyl sites for hydroxylation is 1. The SMILES string of the molecule is C=C(NC(=O)OC)c1ccccc1-c1ccc(C/C(C(C)=O)=C(\CCC)N=C(C)CC)cc1.Cc1ccc(N2CCOCC2)cc1. The van der Waals surface area contributed by atoms with Crippen LogP contribution in [0, 0.1) is 6.92 Å². The number of ketones is 1. The quantitative estimate of drug-likeness (QED) is 0.171. The predicted molar refractivity (Wildman–Crippen MR) is 190 cm³/mol. The molecule has 0 atom stereocenters. The smallest absolute Gasteiger partial charge is 0.411 e. The lowest BCUT2D eigenvalue weighted by atomic mass is 9.94. The van der Waals surface area contributed by atoms with E-state index in [9.17, 15) is 9.59 Å². The zero-order chi connectivity index (χ0) is 33.5. The molecule has 0 saturated carbocycles. The molecular weight excluding hydrogens is 574 g/mol. The predicted octanol–water partition coefficient (Wildman–Crippen LogP) is 8.57. The van der Waals surface area contributed by atoms with Crippen LogP contribution in [0.25, 0.3) is 16.8 Å². The highest BCUT2D eigenvalue weighted by molar-refractivity contribution is 5.95. The van der Waals surface area contributed by atoms with Gasteiger partial charge >= 0.3 is 6.09 Å². The van der Waals surface area contributed by atoms with Crippen molar-refractivity contribution in [3.05, 3.63) is 107 Å². The zero-order valence-corrected chi connectivity index (χ0v) is 28.3. The third kappa shape index (κ3) is 10.8. The lowest BCUT2D eigenvalue weighted by molar-refractivity contribution is -0.113. The maximum Gasteiger partial charge on any atom is 0.411 e. The summed E-state index contributed by atoms with van der Waals surface area (Å²) in [6, 6.07) is 24.5. The van der Waals surface area contributed by atoms with Gasteiger partial charge in [0.15, 0.2) is 5.78 Å². The van der Waals surface area contributed by atoms with E-state index in [1.54, 1.807) is 6.92 Å². The molecule has 7 nitrogen and oxygen atoms in total. The summed E-state index contributed by atoms with van der Waals surface area (Å²) >= 11 is 0. The molecule has 1 heterocycles. The van der Waals surface area contributed by atoms with Gasteiger partial charge in [-0.1, -0.05) is 93.1 Å². The van der Waals surface area contributed by atoms with Gasteiger partial charge < -0.3 is 14.4 Å². The summed E-state index contributed by atoms with van der Waals surface area (Å²) in [4.78, 5) is 31.2. The van der Waals surface area contributed by atoms with Crippen LogP contribution >= 0.6 is 0 Å². The fourth-order valence-electron chi connectivity index (χ4n) is 5.07. The van der Waals surface area contributed by atoms with Crippen molar-refractivity contribution < 1.29 is 19.1 Å². The Balaban J connectivity index is 0.000000365. The molecule has 7 heteroatoms. The second-order valence-corrected chi connectivity index (χ2v) is 11.4. The summed E-state index contributed by atoms with van der Waals surface area (Å²) in [5.41, 5.74) is 9.59. The molecule has 0 radical (unpaired) electrons. The number of allylic oxidation sites excluding steroid dienone is 2. The monoisotopic (exact) mass is 623 g/mol. The summed E-state index contributed by atoms with van der Waals surface area (Å²) in [7, 11) is 1.32. The van der Waals surface area contributed by atoms with Crippen molar-refractivity contribution in [2.45, 2.75) is 60.3 Å². The number of anilines is 1. The number of ether oxygens (including phenoxy) is 2. The second-order valence-electron chi connectivity index (χ2n) is 11.4. The number of methoxy groups -OCH3 is 1. The Bertz CT molecular complexity index is 1520. The lowest BCUT2D eigenvalue weighted by Gasteiger charge is -2.28. The molecule has 0 spiro atoms. The molecule has 3 aromatic carbocycles. The number of morpholine rings is 1. The van der Waals surface area contributed by atoms with Gasteiger partial charge in [0.05, 0.1) is 20.3 Å². The molecule has 0 bridgehead atoms. The molecule has 0 aromatic heterocycles. The van der Waals surface area contributed by atoms with Gasteiger partial charge in [0, 0.05) is 53.4 Å². The number of benzene rings is 3. The Hall–Kier alpha value is -4.49. The highest BCUT2D eigenvalue weighted by atomic mass is 16.5. The third-order valence-corrected chi connectivity index (χ3v) is 7.84. The molecule has 244 valence electrons. The molecule has 1 fully saturated rings. The van der Waals surface area contributed by atoms with Crippen molar-refractivity contribution in [1.82, 2.24) is 5.32 Å². The largest absolute Gasteiger partial charge is 0.453 e. The normalized spacial score (nSPS) is 13.6. The van der Waals surface area contributed by atoms with Crippen LogP contribution in [0.3, 0.4) is 0 Å². The molecule has 1 saturated heterocycles. The third-order valence-electron chi connectivity index (χ3n) is 7.84. The summed E-state index contributed by atoms with van der Waals surface area (Å²) in [5.74, 6) is 0.0608. The number of nitrogens with zero attached hydrogens (tertiary/aromatic N) is 2. The fraction of sp³-hybridized carbons (Fsp3) is 0.359. The maximum absolute atomic E-state index is 12.5. The Morgan fingerprint density at radius 3 is 2.20 bits per heavy atom. The molecule has 4 rings (SSSR count). The van der Waals surface area contributed by atoms with Crippen LogP contribution in [-0.2, 0) is 20.7 Å². The number of alkyl carbamates (subject to hydrolysis) is 1. The topological polar surface area (TPSA) is 80.2 Å². The second kappa shape index (κ2) is 18.5. The number of rotatable bonds is 11.